The molecule has 6 nitrogen and oxygen atoms in total. The van der Waals surface area contributed by atoms with Gasteiger partial charge in [0.15, 0.2) is 0 Å². The lowest BCUT2D eigenvalue weighted by Gasteiger charge is -2.16. The van der Waals surface area contributed by atoms with Crippen LogP contribution in [0.5, 0.6) is 11.6 Å². The maximum atomic E-state index is 10.9. The van der Waals surface area contributed by atoms with Gasteiger partial charge in [0.1, 0.15) is 5.75 Å². The van der Waals surface area contributed by atoms with Crippen LogP contribution in [-0.2, 0) is 4.79 Å². The summed E-state index contributed by atoms with van der Waals surface area (Å²) in [4.78, 5) is 24.9. The molecule has 0 aliphatic heterocycles. The number of carbonyl (C=O) groups is 2. The molecular weight excluding hydrogens is 344 g/mol. The lowest BCUT2D eigenvalue weighted by atomic mass is 9.90. The number of carbonyl (C=O) groups excluding carboxylic acids is 1. The van der Waals surface area contributed by atoms with Gasteiger partial charge in [-0.1, -0.05) is 32.9 Å². The zero-order valence-corrected chi connectivity index (χ0v) is 16.4. The van der Waals surface area contributed by atoms with E-state index < -0.39 is 11.9 Å². The predicted molar refractivity (Wildman–Crippen MR) is 105 cm³/mol. The van der Waals surface area contributed by atoms with Crippen molar-refractivity contribution in [2.24, 2.45) is 11.1 Å². The number of pyridine rings is 1. The van der Waals surface area contributed by atoms with Crippen molar-refractivity contribution in [3.63, 3.8) is 0 Å². The lowest BCUT2D eigenvalue weighted by molar-refractivity contribution is -0.137. The van der Waals surface area contributed by atoms with E-state index in [1.165, 1.54) is 6.20 Å². The Labute approximate surface area is 160 Å². The summed E-state index contributed by atoms with van der Waals surface area (Å²) in [6, 6.07) is 10.8. The molecule has 0 unspecified atom stereocenters. The first kappa shape index (κ1) is 22.2. The van der Waals surface area contributed by atoms with Crippen LogP contribution in [0.25, 0.3) is 0 Å². The first-order valence-corrected chi connectivity index (χ1v) is 8.79. The Bertz CT molecular complexity index is 750. The van der Waals surface area contributed by atoms with Crippen molar-refractivity contribution in [2.75, 3.05) is 0 Å². The average molecular weight is 372 g/mol. The minimum absolute atomic E-state index is 0.273. The second kappa shape index (κ2) is 10.3. The maximum absolute atomic E-state index is 10.9. The number of carboxylic acids is 1. The van der Waals surface area contributed by atoms with Gasteiger partial charge in [-0.15, -0.1) is 0 Å². The topological polar surface area (TPSA) is 103 Å². The molecule has 0 atom stereocenters. The van der Waals surface area contributed by atoms with Gasteiger partial charge in [-0.2, -0.15) is 0 Å². The van der Waals surface area contributed by atoms with Crippen molar-refractivity contribution >= 4 is 11.9 Å². The highest BCUT2D eigenvalue weighted by Gasteiger charge is 2.10. The lowest BCUT2D eigenvalue weighted by Crippen LogP contribution is -2.10. The van der Waals surface area contributed by atoms with Crippen molar-refractivity contribution in [1.29, 1.82) is 0 Å². The number of nitrogens with two attached hydrogens (primary N) is 1. The van der Waals surface area contributed by atoms with Gasteiger partial charge in [0.25, 0.3) is 0 Å². The summed E-state index contributed by atoms with van der Waals surface area (Å²) in [6.07, 6.45) is 3.48. The Morgan fingerprint density at radius 3 is 2.37 bits per heavy atom. The fourth-order valence-electron chi connectivity index (χ4n) is 2.16. The fraction of sp³-hybridized carbons (Fsp3) is 0.381. The first-order valence-electron chi connectivity index (χ1n) is 8.79. The summed E-state index contributed by atoms with van der Waals surface area (Å²) >= 11 is 0. The van der Waals surface area contributed by atoms with E-state index in [9.17, 15) is 9.59 Å². The number of carboxylic acid groups (broad SMARTS) is 1. The average Bonchev–Trinajstić information content (AvgIpc) is 2.54. The molecule has 0 radical (unpaired) electrons. The molecule has 1 amide bonds. The highest BCUT2D eigenvalue weighted by atomic mass is 16.5. The molecule has 2 rings (SSSR count). The number of aryl methyl sites for hydroxylation is 1. The molecule has 146 valence electrons. The summed E-state index contributed by atoms with van der Waals surface area (Å²) in [6.45, 7) is 8.34. The van der Waals surface area contributed by atoms with Crippen molar-refractivity contribution < 1.29 is 19.4 Å². The third-order valence-corrected chi connectivity index (χ3v) is 3.55. The number of benzene rings is 1. The molecule has 27 heavy (non-hydrogen) atoms. The van der Waals surface area contributed by atoms with E-state index in [0.717, 1.165) is 18.4 Å². The second-order valence-electron chi connectivity index (χ2n) is 7.48. The minimum Gasteiger partial charge on any atom is -0.481 e. The summed E-state index contributed by atoms with van der Waals surface area (Å²) < 4.78 is 5.53. The summed E-state index contributed by atoms with van der Waals surface area (Å²) in [7, 11) is 0. The van der Waals surface area contributed by atoms with Gasteiger partial charge in [-0.3, -0.25) is 9.59 Å². The Morgan fingerprint density at radius 2 is 1.89 bits per heavy atom. The van der Waals surface area contributed by atoms with Gasteiger partial charge in [0.05, 0.1) is 5.56 Å². The van der Waals surface area contributed by atoms with E-state index in [1.807, 2.05) is 31.2 Å². The molecule has 0 bridgehead atoms. The molecule has 0 saturated heterocycles. The summed E-state index contributed by atoms with van der Waals surface area (Å²) in [5.41, 5.74) is 6.86. The van der Waals surface area contributed by atoms with Gasteiger partial charge in [-0.25, -0.2) is 4.98 Å². The fourth-order valence-corrected chi connectivity index (χ4v) is 2.16. The van der Waals surface area contributed by atoms with Gasteiger partial charge in [0, 0.05) is 18.7 Å². The van der Waals surface area contributed by atoms with Crippen molar-refractivity contribution in [3.05, 3.63) is 53.7 Å². The third-order valence-electron chi connectivity index (χ3n) is 3.55. The molecule has 1 aromatic carbocycles. The number of primary amides is 1. The molecule has 0 aliphatic rings. The minimum atomic E-state index is -0.691. The van der Waals surface area contributed by atoms with Crippen LogP contribution in [0.1, 0.15) is 56.0 Å². The van der Waals surface area contributed by atoms with Crippen molar-refractivity contribution in [3.8, 4) is 11.6 Å². The van der Waals surface area contributed by atoms with E-state index in [4.69, 9.17) is 15.6 Å². The quantitative estimate of drug-likeness (QED) is 0.773. The molecule has 2 aromatic rings. The zero-order chi connectivity index (χ0) is 20.4. The van der Waals surface area contributed by atoms with Gasteiger partial charge >= 0.3 is 5.97 Å². The van der Waals surface area contributed by atoms with Gasteiger partial charge in [-0.05, 0) is 48.9 Å². The van der Waals surface area contributed by atoms with E-state index in [2.05, 4.69) is 25.8 Å². The number of hydrogen-bond acceptors (Lipinski definition) is 4. The number of aromatic nitrogens is 1. The van der Waals surface area contributed by atoms with Crippen LogP contribution in [-0.4, -0.2) is 22.0 Å². The number of aliphatic carboxylic acids is 1. The molecule has 1 aromatic heterocycles. The van der Waals surface area contributed by atoms with E-state index in [0.29, 0.717) is 23.6 Å². The smallest absolute Gasteiger partial charge is 0.303 e. The number of ether oxygens (including phenoxy) is 1. The predicted octanol–water partition coefficient (Wildman–Crippen LogP) is 4.57. The number of nitrogens with zero attached hydrogens (tertiary/aromatic N) is 1. The molecular formula is C21H28N2O4. The van der Waals surface area contributed by atoms with Crippen LogP contribution in [0.3, 0.4) is 0 Å². The highest BCUT2D eigenvalue weighted by Crippen LogP contribution is 2.21. The van der Waals surface area contributed by atoms with Crippen LogP contribution in [0.4, 0.5) is 0 Å². The Hall–Kier alpha value is -2.89. The van der Waals surface area contributed by atoms with Crippen LogP contribution >= 0.6 is 0 Å². The zero-order valence-electron chi connectivity index (χ0n) is 16.4. The first-order chi connectivity index (χ1) is 12.6. The molecule has 0 aliphatic carbocycles. The van der Waals surface area contributed by atoms with E-state index in [1.54, 1.807) is 12.1 Å². The summed E-state index contributed by atoms with van der Waals surface area (Å²) in [5.74, 6) is -0.0474. The highest BCUT2D eigenvalue weighted by molar-refractivity contribution is 5.92. The number of rotatable bonds is 6. The van der Waals surface area contributed by atoms with Crippen molar-refractivity contribution in [2.45, 2.75) is 47.0 Å². The van der Waals surface area contributed by atoms with E-state index >= 15 is 0 Å². The third kappa shape index (κ3) is 9.99. The molecule has 6 heteroatoms. The number of amides is 1. The Balaban J connectivity index is 0.000000314. The van der Waals surface area contributed by atoms with Crippen molar-refractivity contribution in [1.82, 2.24) is 4.98 Å². The molecule has 0 spiro atoms. The Morgan fingerprint density at radius 1 is 1.19 bits per heavy atom. The molecule has 1 heterocycles. The normalized spacial score (nSPS) is 10.5. The molecule has 0 saturated carbocycles. The van der Waals surface area contributed by atoms with Crippen LogP contribution in [0.2, 0.25) is 0 Å². The van der Waals surface area contributed by atoms with Gasteiger partial charge in [0.2, 0.25) is 11.8 Å². The second-order valence-corrected chi connectivity index (χ2v) is 7.48. The monoisotopic (exact) mass is 372 g/mol. The molecule has 3 N–H and O–H groups in total. The molecule has 0 fully saturated rings. The van der Waals surface area contributed by atoms with Crippen LogP contribution < -0.4 is 10.5 Å². The summed E-state index contributed by atoms with van der Waals surface area (Å²) in [5, 5.41) is 8.31. The SMILES string of the molecule is CC(C)(C)CCCC(=O)O.Cc1cccc(Oc2ccc(C(N)=O)cn2)c1. The standard InChI is InChI=1S/C13H12N2O2.C8H16O2/c1-9-3-2-4-11(7-9)17-12-6-5-10(8-15-12)13(14)16;1-8(2,3)6-4-5-7(9)10/h2-8H,1H3,(H2,14,16);4-6H2,1-3H3,(H,9,10). The van der Waals surface area contributed by atoms with Crippen LogP contribution in [0, 0.1) is 12.3 Å². The largest absolute Gasteiger partial charge is 0.481 e. The number of hydrogen-bond donors (Lipinski definition) is 2. The van der Waals surface area contributed by atoms with E-state index in [-0.39, 0.29) is 5.41 Å². The Kier molecular flexibility index (Phi) is 8.45. The maximum Gasteiger partial charge on any atom is 0.303 e. The van der Waals surface area contributed by atoms with Gasteiger partial charge < -0.3 is 15.6 Å². The van der Waals surface area contributed by atoms with Crippen LogP contribution in [0.15, 0.2) is 42.6 Å².